The summed E-state index contributed by atoms with van der Waals surface area (Å²) in [6.45, 7) is 2.00. The van der Waals surface area contributed by atoms with E-state index in [-0.39, 0.29) is 0 Å². The van der Waals surface area contributed by atoms with Gasteiger partial charge in [0.15, 0.2) is 0 Å². The summed E-state index contributed by atoms with van der Waals surface area (Å²) in [5, 5.41) is 11.9. The lowest BCUT2D eigenvalue weighted by Gasteiger charge is -2.06. The number of nitrogens with zero attached hydrogens (tertiary/aromatic N) is 3. The van der Waals surface area contributed by atoms with E-state index >= 15 is 0 Å². The Kier molecular flexibility index (Phi) is 2.54. The molecule has 0 aliphatic carbocycles. The molecule has 86 valence electrons. The Labute approximate surface area is 109 Å². The normalized spacial score (nSPS) is 10.4. The van der Waals surface area contributed by atoms with Gasteiger partial charge in [0.25, 0.3) is 0 Å². The first-order chi connectivity index (χ1) is 8.79. The average molecular weight is 251 g/mol. The molecule has 0 unspecified atom stereocenters. The molecular formula is C14H9N3S. The molecule has 0 spiro atoms. The van der Waals surface area contributed by atoms with Crippen molar-refractivity contribution in [2.75, 3.05) is 0 Å². The van der Waals surface area contributed by atoms with Crippen LogP contribution in [0.2, 0.25) is 0 Å². The largest absolute Gasteiger partial charge is 0.237 e. The van der Waals surface area contributed by atoms with Crippen LogP contribution in [-0.4, -0.2) is 9.36 Å². The molecule has 0 atom stereocenters. The molecule has 18 heavy (non-hydrogen) atoms. The summed E-state index contributed by atoms with van der Waals surface area (Å²) in [4.78, 5) is 4.38. The van der Waals surface area contributed by atoms with Gasteiger partial charge in [0.2, 0.25) is 0 Å². The molecule has 0 N–H and O–H groups in total. The average Bonchev–Trinajstić information content (AvgIpc) is 2.93. The molecule has 0 aliphatic rings. The summed E-state index contributed by atoms with van der Waals surface area (Å²) >= 11 is 1.43. The van der Waals surface area contributed by atoms with Gasteiger partial charge in [-0.2, -0.15) is 9.64 Å². The molecule has 1 aromatic carbocycles. The first kappa shape index (κ1) is 10.9. The molecule has 2 heterocycles. The zero-order valence-electron chi connectivity index (χ0n) is 9.71. The van der Waals surface area contributed by atoms with E-state index in [1.165, 1.54) is 11.5 Å². The van der Waals surface area contributed by atoms with Gasteiger partial charge >= 0.3 is 0 Å². The summed E-state index contributed by atoms with van der Waals surface area (Å²) in [7, 11) is 0. The van der Waals surface area contributed by atoms with Crippen LogP contribution < -0.4 is 0 Å². The lowest BCUT2D eigenvalue weighted by atomic mass is 10.0. The van der Waals surface area contributed by atoms with Crippen molar-refractivity contribution in [1.29, 1.82) is 5.26 Å². The van der Waals surface area contributed by atoms with E-state index in [4.69, 9.17) is 5.26 Å². The number of nitriles is 1. The van der Waals surface area contributed by atoms with Crippen LogP contribution in [0.15, 0.2) is 35.7 Å². The van der Waals surface area contributed by atoms with Crippen LogP contribution in [0.4, 0.5) is 0 Å². The van der Waals surface area contributed by atoms with Gasteiger partial charge in [-0.25, -0.2) is 4.98 Å². The third-order valence-electron chi connectivity index (χ3n) is 2.89. The van der Waals surface area contributed by atoms with Gasteiger partial charge in [0.05, 0.1) is 11.2 Å². The molecule has 0 aliphatic heterocycles. The molecular weight excluding hydrogens is 242 g/mol. The first-order valence-corrected chi connectivity index (χ1v) is 6.34. The SMILES string of the molecule is Cc1ccc(-c2ccsn2)c2ccc(C#N)nc12. The second-order valence-corrected chi connectivity index (χ2v) is 4.68. The predicted molar refractivity (Wildman–Crippen MR) is 72.3 cm³/mol. The lowest BCUT2D eigenvalue weighted by Crippen LogP contribution is -1.90. The number of pyridine rings is 1. The smallest absolute Gasteiger partial charge is 0.141 e. The molecule has 0 fully saturated rings. The minimum absolute atomic E-state index is 0.445. The second-order valence-electron chi connectivity index (χ2n) is 4.02. The van der Waals surface area contributed by atoms with Gasteiger partial charge in [0, 0.05) is 16.3 Å². The Morgan fingerprint density at radius 3 is 2.78 bits per heavy atom. The van der Waals surface area contributed by atoms with Crippen molar-refractivity contribution in [2.24, 2.45) is 0 Å². The number of benzene rings is 1. The number of fused-ring (bicyclic) bond motifs is 1. The number of hydrogen-bond acceptors (Lipinski definition) is 4. The van der Waals surface area contributed by atoms with Crippen molar-refractivity contribution in [3.05, 3.63) is 47.0 Å². The van der Waals surface area contributed by atoms with Crippen molar-refractivity contribution < 1.29 is 0 Å². The topological polar surface area (TPSA) is 49.6 Å². The Morgan fingerprint density at radius 2 is 2.06 bits per heavy atom. The van der Waals surface area contributed by atoms with Crippen LogP contribution in [-0.2, 0) is 0 Å². The Bertz CT molecular complexity index is 755. The number of aryl methyl sites for hydroxylation is 1. The molecule has 3 rings (SSSR count). The van der Waals surface area contributed by atoms with E-state index in [0.29, 0.717) is 5.69 Å². The maximum atomic E-state index is 8.92. The van der Waals surface area contributed by atoms with Crippen LogP contribution in [0.1, 0.15) is 11.3 Å². The van der Waals surface area contributed by atoms with Gasteiger partial charge in [-0.05, 0) is 42.2 Å². The van der Waals surface area contributed by atoms with Crippen molar-refractivity contribution in [1.82, 2.24) is 9.36 Å². The molecule has 0 saturated heterocycles. The van der Waals surface area contributed by atoms with E-state index in [1.54, 1.807) is 6.07 Å². The van der Waals surface area contributed by atoms with Gasteiger partial charge in [-0.1, -0.05) is 12.1 Å². The maximum Gasteiger partial charge on any atom is 0.141 e. The van der Waals surface area contributed by atoms with Gasteiger partial charge in [-0.3, -0.25) is 0 Å². The third-order valence-corrected chi connectivity index (χ3v) is 3.45. The molecule has 0 saturated carbocycles. The summed E-state index contributed by atoms with van der Waals surface area (Å²) in [5.41, 5.74) is 4.41. The van der Waals surface area contributed by atoms with Crippen LogP contribution in [0, 0.1) is 18.3 Å². The van der Waals surface area contributed by atoms with E-state index in [2.05, 4.69) is 21.5 Å². The van der Waals surface area contributed by atoms with Crippen LogP contribution in [0.25, 0.3) is 22.2 Å². The molecule has 4 heteroatoms. The predicted octanol–water partition coefficient (Wildman–Crippen LogP) is 3.54. The number of aromatic nitrogens is 2. The van der Waals surface area contributed by atoms with E-state index in [9.17, 15) is 0 Å². The van der Waals surface area contributed by atoms with Crippen LogP contribution in [0.3, 0.4) is 0 Å². The quantitative estimate of drug-likeness (QED) is 0.664. The van der Waals surface area contributed by atoms with Gasteiger partial charge in [0.1, 0.15) is 11.8 Å². The molecule has 0 bridgehead atoms. The summed E-state index contributed by atoms with van der Waals surface area (Å²) in [6, 6.07) is 11.8. The maximum absolute atomic E-state index is 8.92. The zero-order valence-corrected chi connectivity index (χ0v) is 10.5. The van der Waals surface area contributed by atoms with Gasteiger partial charge in [-0.15, -0.1) is 0 Å². The fourth-order valence-corrected chi connectivity index (χ4v) is 2.51. The highest BCUT2D eigenvalue weighted by Gasteiger charge is 2.09. The monoisotopic (exact) mass is 251 g/mol. The van der Waals surface area contributed by atoms with Crippen molar-refractivity contribution in [3.8, 4) is 17.3 Å². The molecule has 2 aromatic heterocycles. The molecule has 3 nitrogen and oxygen atoms in total. The molecule has 0 radical (unpaired) electrons. The lowest BCUT2D eigenvalue weighted by molar-refractivity contribution is 1.30. The fourth-order valence-electron chi connectivity index (χ4n) is 1.99. The number of hydrogen-bond donors (Lipinski definition) is 0. The van der Waals surface area contributed by atoms with E-state index in [1.807, 2.05) is 30.5 Å². The standard InChI is InChI=1S/C14H9N3S/c1-9-2-4-11(13-6-7-18-17-13)12-5-3-10(8-15)16-14(9)12/h2-7H,1H3. The molecule has 0 amide bonds. The molecule has 3 aromatic rings. The zero-order chi connectivity index (χ0) is 12.5. The highest BCUT2D eigenvalue weighted by molar-refractivity contribution is 7.03. The Balaban J connectivity index is 2.36. The van der Waals surface area contributed by atoms with Crippen LogP contribution in [0.5, 0.6) is 0 Å². The van der Waals surface area contributed by atoms with E-state index < -0.39 is 0 Å². The van der Waals surface area contributed by atoms with Crippen molar-refractivity contribution >= 4 is 22.4 Å². The van der Waals surface area contributed by atoms with Crippen molar-refractivity contribution in [2.45, 2.75) is 6.92 Å². The first-order valence-electron chi connectivity index (χ1n) is 5.51. The minimum Gasteiger partial charge on any atom is -0.237 e. The summed E-state index contributed by atoms with van der Waals surface area (Å²) in [6.07, 6.45) is 0. The van der Waals surface area contributed by atoms with Crippen LogP contribution >= 0.6 is 11.5 Å². The minimum atomic E-state index is 0.445. The Morgan fingerprint density at radius 1 is 1.17 bits per heavy atom. The highest BCUT2D eigenvalue weighted by Crippen LogP contribution is 2.29. The fraction of sp³-hybridized carbons (Fsp3) is 0.0714. The third kappa shape index (κ3) is 1.66. The Hall–Kier alpha value is -2.25. The number of rotatable bonds is 1. The summed E-state index contributed by atoms with van der Waals surface area (Å²) < 4.78 is 4.36. The van der Waals surface area contributed by atoms with Gasteiger partial charge < -0.3 is 0 Å². The summed E-state index contributed by atoms with van der Waals surface area (Å²) in [5.74, 6) is 0. The second kappa shape index (κ2) is 4.21. The highest BCUT2D eigenvalue weighted by atomic mass is 32.1. The van der Waals surface area contributed by atoms with E-state index in [0.717, 1.165) is 27.7 Å². The van der Waals surface area contributed by atoms with Crippen molar-refractivity contribution in [3.63, 3.8) is 0 Å².